The Morgan fingerprint density at radius 1 is 1.05 bits per heavy atom. The molecule has 0 amide bonds. The Kier molecular flexibility index (Phi) is 3.09. The topological polar surface area (TPSA) is 50.3 Å². The van der Waals surface area contributed by atoms with E-state index in [-0.39, 0.29) is 5.41 Å². The van der Waals surface area contributed by atoms with Crippen molar-refractivity contribution in [1.82, 2.24) is 9.29 Å². The third kappa shape index (κ3) is 2.16. The van der Waals surface area contributed by atoms with Crippen molar-refractivity contribution in [3.63, 3.8) is 0 Å². The number of fused-ring (bicyclic) bond motifs is 1. The molecule has 1 spiro atoms. The van der Waals surface area contributed by atoms with E-state index in [0.29, 0.717) is 18.0 Å². The lowest BCUT2D eigenvalue weighted by Crippen LogP contribution is -2.32. The molecule has 22 heavy (non-hydrogen) atoms. The summed E-state index contributed by atoms with van der Waals surface area (Å²) in [5.41, 5.74) is 2.84. The van der Waals surface area contributed by atoms with E-state index in [1.807, 2.05) is 0 Å². The van der Waals surface area contributed by atoms with E-state index in [4.69, 9.17) is 0 Å². The van der Waals surface area contributed by atoms with E-state index in [1.165, 1.54) is 17.3 Å². The van der Waals surface area contributed by atoms with Gasteiger partial charge in [0.05, 0.1) is 0 Å². The summed E-state index contributed by atoms with van der Waals surface area (Å²) in [6.45, 7) is 1.21. The Bertz CT molecular complexity index is 777. The van der Waals surface area contributed by atoms with Crippen LogP contribution in [0.3, 0.4) is 0 Å². The molecule has 0 bridgehead atoms. The molecule has 0 saturated carbocycles. The molecule has 1 saturated heterocycles. The quantitative estimate of drug-likeness (QED) is 0.854. The third-order valence-corrected chi connectivity index (χ3v) is 6.75. The maximum Gasteiger partial charge on any atom is 0.244 e. The number of nitrogens with zero attached hydrogens (tertiary/aromatic N) is 2. The minimum absolute atomic E-state index is 0.0823. The predicted octanol–water partition coefficient (Wildman–Crippen LogP) is 2.26. The summed E-state index contributed by atoms with van der Waals surface area (Å²) in [7, 11) is -3.42. The summed E-state index contributed by atoms with van der Waals surface area (Å²) < 4.78 is 27.1. The smallest absolute Gasteiger partial charge is 0.244 e. The van der Waals surface area contributed by atoms with Gasteiger partial charge in [0.2, 0.25) is 10.0 Å². The highest BCUT2D eigenvalue weighted by molar-refractivity contribution is 7.89. The molecule has 114 valence electrons. The SMILES string of the molecule is O=S(=O)(c1cccnc1)N1CCC2(Cc3ccccc3C2)C1. The van der Waals surface area contributed by atoms with E-state index in [0.717, 1.165) is 19.3 Å². The first-order valence-corrected chi connectivity index (χ1v) is 9.00. The lowest BCUT2D eigenvalue weighted by Gasteiger charge is -2.23. The van der Waals surface area contributed by atoms with Crippen molar-refractivity contribution >= 4 is 10.0 Å². The lowest BCUT2D eigenvalue weighted by molar-refractivity contribution is 0.321. The second-order valence-electron chi connectivity index (χ2n) is 6.40. The molecule has 1 fully saturated rings. The second kappa shape index (κ2) is 4.89. The van der Waals surface area contributed by atoms with Crippen LogP contribution in [0.2, 0.25) is 0 Å². The van der Waals surface area contributed by atoms with Gasteiger partial charge in [-0.2, -0.15) is 4.31 Å². The second-order valence-corrected chi connectivity index (χ2v) is 8.34. The number of pyridine rings is 1. The Hall–Kier alpha value is -1.72. The zero-order valence-corrected chi connectivity index (χ0v) is 13.1. The number of benzene rings is 1. The van der Waals surface area contributed by atoms with Crippen LogP contribution in [0.25, 0.3) is 0 Å². The van der Waals surface area contributed by atoms with Crippen molar-refractivity contribution < 1.29 is 8.42 Å². The predicted molar refractivity (Wildman–Crippen MR) is 83.9 cm³/mol. The molecule has 1 aliphatic carbocycles. The monoisotopic (exact) mass is 314 g/mol. The molecule has 2 aromatic rings. The van der Waals surface area contributed by atoms with E-state index in [1.54, 1.807) is 22.6 Å². The molecular weight excluding hydrogens is 296 g/mol. The van der Waals surface area contributed by atoms with Crippen molar-refractivity contribution in [2.45, 2.75) is 24.2 Å². The van der Waals surface area contributed by atoms with Gasteiger partial charge in [-0.25, -0.2) is 8.42 Å². The van der Waals surface area contributed by atoms with Crippen molar-refractivity contribution in [2.75, 3.05) is 13.1 Å². The lowest BCUT2D eigenvalue weighted by atomic mass is 9.84. The standard InChI is InChI=1S/C17H18N2O2S/c20-22(21,16-6-3-8-18-12-16)19-9-7-17(13-19)10-14-4-1-2-5-15(14)11-17/h1-6,8,12H,7,9-11,13H2. The number of hydrogen-bond acceptors (Lipinski definition) is 3. The molecule has 0 unspecified atom stereocenters. The number of aromatic nitrogens is 1. The molecule has 2 aliphatic rings. The molecule has 1 aromatic carbocycles. The van der Waals surface area contributed by atoms with Crippen LogP contribution in [0, 0.1) is 5.41 Å². The van der Waals surface area contributed by atoms with Crippen molar-refractivity contribution in [1.29, 1.82) is 0 Å². The molecule has 0 N–H and O–H groups in total. The summed E-state index contributed by atoms with van der Waals surface area (Å²) in [6.07, 6.45) is 5.94. The molecule has 0 atom stereocenters. The molecule has 4 nitrogen and oxygen atoms in total. The highest BCUT2D eigenvalue weighted by atomic mass is 32.2. The average Bonchev–Trinajstić information content (AvgIpc) is 3.12. The third-order valence-electron chi connectivity index (χ3n) is 4.92. The van der Waals surface area contributed by atoms with E-state index >= 15 is 0 Å². The molecule has 1 aromatic heterocycles. The summed E-state index contributed by atoms with van der Waals surface area (Å²) in [4.78, 5) is 4.23. The first-order chi connectivity index (χ1) is 10.6. The van der Waals surface area contributed by atoms with Gasteiger partial charge in [-0.3, -0.25) is 4.98 Å². The fraction of sp³-hybridized carbons (Fsp3) is 0.353. The van der Waals surface area contributed by atoms with Gasteiger partial charge in [-0.1, -0.05) is 24.3 Å². The van der Waals surface area contributed by atoms with Crippen molar-refractivity contribution in [2.24, 2.45) is 5.41 Å². The van der Waals surface area contributed by atoms with Gasteiger partial charge in [-0.05, 0) is 47.9 Å². The van der Waals surface area contributed by atoms with Crippen molar-refractivity contribution in [3.8, 4) is 0 Å². The van der Waals surface area contributed by atoms with Gasteiger partial charge in [0.1, 0.15) is 4.90 Å². The van der Waals surface area contributed by atoms with Gasteiger partial charge in [0, 0.05) is 25.5 Å². The van der Waals surface area contributed by atoms with Crippen LogP contribution in [-0.4, -0.2) is 30.8 Å². The Morgan fingerprint density at radius 2 is 1.77 bits per heavy atom. The fourth-order valence-electron chi connectivity index (χ4n) is 3.81. The van der Waals surface area contributed by atoms with E-state index in [9.17, 15) is 8.42 Å². The van der Waals surface area contributed by atoms with Crippen LogP contribution in [-0.2, 0) is 22.9 Å². The molecule has 4 rings (SSSR count). The maximum absolute atomic E-state index is 12.7. The molecule has 2 heterocycles. The first-order valence-electron chi connectivity index (χ1n) is 7.56. The molecule has 0 radical (unpaired) electrons. The van der Waals surface area contributed by atoms with Crippen LogP contribution in [0.15, 0.2) is 53.7 Å². The minimum atomic E-state index is -3.42. The summed E-state index contributed by atoms with van der Waals surface area (Å²) in [6, 6.07) is 11.8. The molecule has 5 heteroatoms. The Morgan fingerprint density at radius 3 is 2.41 bits per heavy atom. The zero-order valence-electron chi connectivity index (χ0n) is 12.3. The van der Waals surface area contributed by atoms with E-state index < -0.39 is 10.0 Å². The number of sulfonamides is 1. The van der Waals surface area contributed by atoms with Crippen LogP contribution in [0.1, 0.15) is 17.5 Å². The van der Waals surface area contributed by atoms with Gasteiger partial charge in [-0.15, -0.1) is 0 Å². The zero-order chi connectivity index (χ0) is 15.2. The highest BCUT2D eigenvalue weighted by Gasteiger charge is 2.46. The normalized spacial score (nSPS) is 20.4. The highest BCUT2D eigenvalue weighted by Crippen LogP contribution is 2.44. The molecule has 1 aliphatic heterocycles. The Balaban J connectivity index is 1.59. The van der Waals surface area contributed by atoms with Crippen molar-refractivity contribution in [3.05, 3.63) is 59.9 Å². The van der Waals surface area contributed by atoms with Crippen LogP contribution >= 0.6 is 0 Å². The van der Waals surface area contributed by atoms with E-state index in [2.05, 4.69) is 29.2 Å². The summed E-state index contributed by atoms with van der Waals surface area (Å²) in [5.74, 6) is 0. The average molecular weight is 314 g/mol. The molecular formula is C17H18N2O2S. The minimum Gasteiger partial charge on any atom is -0.263 e. The van der Waals surface area contributed by atoms with Crippen LogP contribution in [0.5, 0.6) is 0 Å². The van der Waals surface area contributed by atoms with Gasteiger partial charge in [0.25, 0.3) is 0 Å². The number of rotatable bonds is 2. The fourth-order valence-corrected chi connectivity index (χ4v) is 5.33. The van der Waals surface area contributed by atoms with Gasteiger partial charge < -0.3 is 0 Å². The van der Waals surface area contributed by atoms with Gasteiger partial charge >= 0.3 is 0 Å². The van der Waals surface area contributed by atoms with Crippen LogP contribution in [0.4, 0.5) is 0 Å². The maximum atomic E-state index is 12.7. The van der Waals surface area contributed by atoms with Gasteiger partial charge in [0.15, 0.2) is 0 Å². The van der Waals surface area contributed by atoms with Crippen LogP contribution < -0.4 is 0 Å². The summed E-state index contributed by atoms with van der Waals surface area (Å²) >= 11 is 0. The Labute approximate surface area is 130 Å². The summed E-state index contributed by atoms with van der Waals surface area (Å²) in [5, 5.41) is 0. The number of hydrogen-bond donors (Lipinski definition) is 0. The first kappa shape index (κ1) is 13.9. The largest absolute Gasteiger partial charge is 0.263 e.